The quantitative estimate of drug-likeness (QED) is 0.648. The molecule has 1 N–H and O–H groups in total. The number of halogens is 4. The summed E-state index contributed by atoms with van der Waals surface area (Å²) >= 11 is 1.65. The highest BCUT2D eigenvalue weighted by Gasteiger charge is 2.20. The molecule has 1 unspecified atom stereocenters. The maximum Gasteiger partial charge on any atom is 0.387 e. The summed E-state index contributed by atoms with van der Waals surface area (Å²) in [4.78, 5) is 2.11. The lowest BCUT2D eigenvalue weighted by Gasteiger charge is -2.23. The molecule has 0 aromatic heterocycles. The topological polar surface area (TPSA) is 46.1 Å². The van der Waals surface area contributed by atoms with Crippen molar-refractivity contribution in [1.29, 1.82) is 0 Å². The Labute approximate surface area is 153 Å². The van der Waals surface area contributed by atoms with Crippen LogP contribution >= 0.6 is 11.8 Å². The summed E-state index contributed by atoms with van der Waals surface area (Å²) in [5, 5.41) is 4.47. The molecule has 2 rings (SSSR count). The monoisotopic (exact) mass is 395 g/mol. The number of ether oxygens (including phenoxy) is 2. The number of alkyl halides is 4. The van der Waals surface area contributed by atoms with E-state index in [1.54, 1.807) is 11.8 Å². The standard InChI is InChI=1S/C16H21F4N3O2S/c1-23(2)7-3-4-14-22-21-11(9-26-14)10-5-6-12(24-15(17)18)13(8-10)25-16(19)20/h5-6,8,14-16,22H,3-4,7,9H2,1-2H3. The minimum Gasteiger partial charge on any atom is -0.431 e. The van der Waals surface area contributed by atoms with Gasteiger partial charge in [0.2, 0.25) is 0 Å². The van der Waals surface area contributed by atoms with Crippen molar-refractivity contribution in [3.8, 4) is 11.5 Å². The van der Waals surface area contributed by atoms with Gasteiger partial charge in [-0.25, -0.2) is 0 Å². The number of hydrogen-bond donors (Lipinski definition) is 1. The fourth-order valence-corrected chi connectivity index (χ4v) is 3.41. The first-order chi connectivity index (χ1) is 12.3. The normalized spacial score (nSPS) is 17.4. The third-order valence-corrected chi connectivity index (χ3v) is 4.73. The molecular formula is C16H21F4N3O2S. The highest BCUT2D eigenvalue weighted by molar-refractivity contribution is 8.00. The van der Waals surface area contributed by atoms with E-state index in [0.717, 1.165) is 19.4 Å². The Bertz CT molecular complexity index is 617. The molecule has 0 radical (unpaired) electrons. The third kappa shape index (κ3) is 6.56. The van der Waals surface area contributed by atoms with Gasteiger partial charge in [-0.3, -0.25) is 5.43 Å². The van der Waals surface area contributed by atoms with Crippen molar-refractivity contribution in [3.05, 3.63) is 23.8 Å². The van der Waals surface area contributed by atoms with E-state index in [4.69, 9.17) is 0 Å². The molecule has 10 heteroatoms. The summed E-state index contributed by atoms with van der Waals surface area (Å²) in [5.74, 6) is -0.316. The number of rotatable bonds is 9. The first kappa shape index (κ1) is 20.6. The first-order valence-electron chi connectivity index (χ1n) is 7.97. The Morgan fingerprint density at radius 2 is 1.88 bits per heavy atom. The summed E-state index contributed by atoms with van der Waals surface area (Å²) in [6.45, 7) is -5.30. The van der Waals surface area contributed by atoms with E-state index in [9.17, 15) is 17.6 Å². The molecule has 0 aliphatic carbocycles. The molecule has 146 valence electrons. The van der Waals surface area contributed by atoms with Gasteiger partial charge in [-0.1, -0.05) is 0 Å². The van der Waals surface area contributed by atoms with Gasteiger partial charge in [-0.15, -0.1) is 11.8 Å². The van der Waals surface area contributed by atoms with Gasteiger partial charge in [0.05, 0.1) is 11.1 Å². The van der Waals surface area contributed by atoms with Gasteiger partial charge >= 0.3 is 13.2 Å². The van der Waals surface area contributed by atoms with Crippen LogP contribution in [-0.2, 0) is 0 Å². The van der Waals surface area contributed by atoms with Crippen molar-refractivity contribution in [2.75, 3.05) is 26.4 Å². The zero-order chi connectivity index (χ0) is 19.1. The van der Waals surface area contributed by atoms with Crippen LogP contribution in [0, 0.1) is 0 Å². The van der Waals surface area contributed by atoms with Crippen molar-refractivity contribution >= 4 is 17.5 Å². The zero-order valence-electron chi connectivity index (χ0n) is 14.4. The van der Waals surface area contributed by atoms with E-state index in [1.165, 1.54) is 18.2 Å². The summed E-state index contributed by atoms with van der Waals surface area (Å²) in [6, 6.07) is 3.90. The van der Waals surface area contributed by atoms with E-state index in [-0.39, 0.29) is 5.37 Å². The van der Waals surface area contributed by atoms with Gasteiger partial charge in [0.25, 0.3) is 0 Å². The highest BCUT2D eigenvalue weighted by atomic mass is 32.2. The molecule has 26 heavy (non-hydrogen) atoms. The molecule has 1 aromatic rings. The number of hydrogen-bond acceptors (Lipinski definition) is 6. The lowest BCUT2D eigenvalue weighted by atomic mass is 10.1. The molecule has 1 aliphatic rings. The average molecular weight is 395 g/mol. The number of benzene rings is 1. The molecule has 1 aliphatic heterocycles. The van der Waals surface area contributed by atoms with Crippen LogP contribution in [0.3, 0.4) is 0 Å². The maximum atomic E-state index is 12.5. The van der Waals surface area contributed by atoms with Crippen LogP contribution < -0.4 is 14.9 Å². The van der Waals surface area contributed by atoms with Crippen LogP contribution in [0.1, 0.15) is 18.4 Å². The van der Waals surface area contributed by atoms with Gasteiger partial charge in [0.15, 0.2) is 11.5 Å². The van der Waals surface area contributed by atoms with Crippen LogP contribution in [0.4, 0.5) is 17.6 Å². The van der Waals surface area contributed by atoms with E-state index < -0.39 is 24.7 Å². The average Bonchev–Trinajstić information content (AvgIpc) is 2.56. The van der Waals surface area contributed by atoms with E-state index in [1.807, 2.05) is 14.1 Å². The van der Waals surface area contributed by atoms with Crippen molar-refractivity contribution in [3.63, 3.8) is 0 Å². The van der Waals surface area contributed by atoms with E-state index in [0.29, 0.717) is 17.0 Å². The Hall–Kier alpha value is -1.68. The third-order valence-electron chi connectivity index (χ3n) is 3.55. The SMILES string of the molecule is CN(C)CCCC1NN=C(c2ccc(OC(F)F)c(OC(F)F)c2)CS1. The molecule has 0 spiro atoms. The second-order valence-electron chi connectivity index (χ2n) is 5.85. The molecule has 0 fully saturated rings. The Morgan fingerprint density at radius 1 is 1.19 bits per heavy atom. The molecule has 1 atom stereocenters. The van der Waals surface area contributed by atoms with Crippen LogP contribution in [0.5, 0.6) is 11.5 Å². The van der Waals surface area contributed by atoms with Crippen molar-refractivity contribution in [2.24, 2.45) is 5.10 Å². The number of thioether (sulfide) groups is 1. The van der Waals surface area contributed by atoms with Gasteiger partial charge in [0.1, 0.15) is 0 Å². The van der Waals surface area contributed by atoms with Crippen LogP contribution in [0.2, 0.25) is 0 Å². The van der Waals surface area contributed by atoms with Crippen LogP contribution in [-0.4, -0.2) is 55.6 Å². The van der Waals surface area contributed by atoms with Gasteiger partial charge in [-0.2, -0.15) is 22.7 Å². The fourth-order valence-electron chi connectivity index (χ4n) is 2.36. The maximum absolute atomic E-state index is 12.5. The van der Waals surface area contributed by atoms with Gasteiger partial charge < -0.3 is 14.4 Å². The molecule has 0 saturated carbocycles. The number of hydrazone groups is 1. The second-order valence-corrected chi connectivity index (χ2v) is 7.04. The Balaban J connectivity index is 2.05. The Morgan fingerprint density at radius 3 is 2.46 bits per heavy atom. The Kier molecular flexibility index (Phi) is 7.83. The summed E-state index contributed by atoms with van der Waals surface area (Å²) in [5.41, 5.74) is 4.18. The largest absolute Gasteiger partial charge is 0.431 e. The van der Waals surface area contributed by atoms with Crippen LogP contribution in [0.25, 0.3) is 0 Å². The number of nitrogens with zero attached hydrogens (tertiary/aromatic N) is 2. The second kappa shape index (κ2) is 9.86. The van der Waals surface area contributed by atoms with E-state index >= 15 is 0 Å². The molecule has 1 heterocycles. The number of nitrogens with one attached hydrogen (secondary N) is 1. The first-order valence-corrected chi connectivity index (χ1v) is 9.02. The predicted octanol–water partition coefficient (Wildman–Crippen LogP) is 3.60. The molecule has 5 nitrogen and oxygen atoms in total. The summed E-state index contributed by atoms with van der Waals surface area (Å²) in [7, 11) is 4.02. The molecule has 0 saturated heterocycles. The highest BCUT2D eigenvalue weighted by Crippen LogP contribution is 2.32. The minimum absolute atomic E-state index is 0.178. The summed E-state index contributed by atoms with van der Waals surface area (Å²) < 4.78 is 58.3. The van der Waals surface area contributed by atoms with Gasteiger partial charge in [0, 0.05) is 11.3 Å². The molecule has 0 amide bonds. The fraction of sp³-hybridized carbons (Fsp3) is 0.562. The smallest absolute Gasteiger partial charge is 0.387 e. The van der Waals surface area contributed by atoms with Gasteiger partial charge in [-0.05, 0) is 51.7 Å². The van der Waals surface area contributed by atoms with Crippen molar-refractivity contribution < 1.29 is 27.0 Å². The molecular weight excluding hydrogens is 374 g/mol. The van der Waals surface area contributed by atoms with Crippen LogP contribution in [0.15, 0.2) is 23.3 Å². The zero-order valence-corrected chi connectivity index (χ0v) is 15.2. The minimum atomic E-state index is -3.15. The van der Waals surface area contributed by atoms with Crippen molar-refractivity contribution in [2.45, 2.75) is 31.4 Å². The lowest BCUT2D eigenvalue weighted by Crippen LogP contribution is -2.30. The molecule has 0 bridgehead atoms. The molecule has 1 aromatic carbocycles. The summed E-state index contributed by atoms with van der Waals surface area (Å²) in [6.07, 6.45) is 1.97. The predicted molar refractivity (Wildman–Crippen MR) is 93.4 cm³/mol. The lowest BCUT2D eigenvalue weighted by molar-refractivity contribution is -0.0692. The van der Waals surface area contributed by atoms with Crippen molar-refractivity contribution in [1.82, 2.24) is 10.3 Å². The van der Waals surface area contributed by atoms with E-state index in [2.05, 4.69) is 24.9 Å².